The number of hydrogen-bond acceptors (Lipinski definition) is 2. The first-order valence-corrected chi connectivity index (χ1v) is 3.72. The number of carbonyl (C=O) groups excluding carboxylic acids is 1. The molecule has 2 nitrogen and oxygen atoms in total. The molecular weight excluding hydrogens is 204 g/mol. The predicted molar refractivity (Wildman–Crippen MR) is 41.3 cm³/mol. The molecule has 0 saturated carbocycles. The molecule has 0 aliphatic heterocycles. The van der Waals surface area contributed by atoms with Crippen molar-refractivity contribution >= 4 is 5.97 Å². The van der Waals surface area contributed by atoms with Gasteiger partial charge in [0.05, 0.1) is 0 Å². The Labute approximate surface area is 78.5 Å². The van der Waals surface area contributed by atoms with Gasteiger partial charge in [0, 0.05) is 5.57 Å². The third-order valence-corrected chi connectivity index (χ3v) is 1.47. The molecule has 0 fully saturated rings. The largest absolute Gasteiger partial charge is 0.453 e. The number of esters is 1. The summed E-state index contributed by atoms with van der Waals surface area (Å²) in [5.41, 5.74) is -0.123. The number of halogens is 4. The van der Waals surface area contributed by atoms with Gasteiger partial charge in [0.1, 0.15) is 0 Å². The highest BCUT2D eigenvalue weighted by molar-refractivity contribution is 5.87. The number of hydrogen-bond donors (Lipinski definition) is 0. The molecule has 0 aliphatic carbocycles. The molecule has 1 atom stereocenters. The lowest BCUT2D eigenvalue weighted by molar-refractivity contribution is -0.203. The van der Waals surface area contributed by atoms with E-state index in [1.807, 2.05) is 0 Å². The lowest BCUT2D eigenvalue weighted by Gasteiger charge is -2.22. The molecule has 0 bridgehead atoms. The van der Waals surface area contributed by atoms with E-state index in [1.165, 1.54) is 6.92 Å². The highest BCUT2D eigenvalue weighted by atomic mass is 19.3. The van der Waals surface area contributed by atoms with Gasteiger partial charge in [-0.1, -0.05) is 6.58 Å². The maximum atomic E-state index is 12.5. The molecule has 0 radical (unpaired) electrons. The second kappa shape index (κ2) is 4.43. The highest BCUT2D eigenvalue weighted by Gasteiger charge is 2.48. The van der Waals surface area contributed by atoms with Crippen molar-refractivity contribution in [2.75, 3.05) is 0 Å². The van der Waals surface area contributed by atoms with E-state index in [4.69, 9.17) is 0 Å². The number of rotatable bonds is 4. The van der Waals surface area contributed by atoms with Crippen LogP contribution in [0.25, 0.3) is 0 Å². The maximum Gasteiger partial charge on any atom is 0.343 e. The molecule has 0 saturated heterocycles. The van der Waals surface area contributed by atoms with Crippen LogP contribution in [0.15, 0.2) is 12.2 Å². The number of carbonyl (C=O) groups is 1. The standard InChI is InChI=1S/C8H10F4O2/c1-4(2)6(13)14-5(3)8(11,12)7(9)10/h5,7H,1H2,2-3H3. The van der Waals surface area contributed by atoms with Crippen LogP contribution in [-0.2, 0) is 9.53 Å². The van der Waals surface area contributed by atoms with Gasteiger partial charge in [-0.15, -0.1) is 0 Å². The van der Waals surface area contributed by atoms with Gasteiger partial charge in [-0.25, -0.2) is 13.6 Å². The summed E-state index contributed by atoms with van der Waals surface area (Å²) >= 11 is 0. The van der Waals surface area contributed by atoms with Crippen molar-refractivity contribution in [3.8, 4) is 0 Å². The van der Waals surface area contributed by atoms with Crippen molar-refractivity contribution in [3.05, 3.63) is 12.2 Å². The van der Waals surface area contributed by atoms with Crippen molar-refractivity contribution in [2.24, 2.45) is 0 Å². The minimum atomic E-state index is -4.34. The molecule has 0 heterocycles. The quantitative estimate of drug-likeness (QED) is 0.408. The monoisotopic (exact) mass is 214 g/mol. The molecule has 0 aromatic carbocycles. The zero-order chi connectivity index (χ0) is 11.5. The molecule has 14 heavy (non-hydrogen) atoms. The molecule has 0 aromatic heterocycles. The minimum Gasteiger partial charge on any atom is -0.453 e. The van der Waals surface area contributed by atoms with Gasteiger partial charge < -0.3 is 4.74 Å². The van der Waals surface area contributed by atoms with E-state index in [0.717, 1.165) is 0 Å². The average Bonchev–Trinajstić information content (AvgIpc) is 2.03. The molecule has 1 unspecified atom stereocenters. The Hall–Kier alpha value is -1.07. The first kappa shape index (κ1) is 12.9. The van der Waals surface area contributed by atoms with Crippen molar-refractivity contribution in [1.29, 1.82) is 0 Å². The van der Waals surface area contributed by atoms with E-state index in [0.29, 0.717) is 6.92 Å². The zero-order valence-electron chi connectivity index (χ0n) is 7.69. The zero-order valence-corrected chi connectivity index (χ0v) is 7.69. The second-order valence-electron chi connectivity index (χ2n) is 2.80. The van der Waals surface area contributed by atoms with Gasteiger partial charge in [0.15, 0.2) is 6.10 Å². The van der Waals surface area contributed by atoms with E-state index in [2.05, 4.69) is 11.3 Å². The summed E-state index contributed by atoms with van der Waals surface area (Å²) in [7, 11) is 0. The third kappa shape index (κ3) is 3.01. The van der Waals surface area contributed by atoms with Crippen LogP contribution in [0.5, 0.6) is 0 Å². The number of ether oxygens (including phenoxy) is 1. The van der Waals surface area contributed by atoms with Crippen molar-refractivity contribution < 1.29 is 27.1 Å². The topological polar surface area (TPSA) is 26.3 Å². The van der Waals surface area contributed by atoms with Gasteiger partial charge in [0.2, 0.25) is 0 Å². The Morgan fingerprint density at radius 1 is 1.43 bits per heavy atom. The summed E-state index contributed by atoms with van der Waals surface area (Å²) in [4.78, 5) is 10.7. The summed E-state index contributed by atoms with van der Waals surface area (Å²) in [6.45, 7) is 5.06. The maximum absolute atomic E-state index is 12.5. The summed E-state index contributed by atoms with van der Waals surface area (Å²) in [5.74, 6) is -5.46. The Balaban J connectivity index is 4.41. The average molecular weight is 214 g/mol. The van der Waals surface area contributed by atoms with Crippen LogP contribution in [0.1, 0.15) is 13.8 Å². The summed E-state index contributed by atoms with van der Waals surface area (Å²) in [5, 5.41) is 0. The Morgan fingerprint density at radius 3 is 2.14 bits per heavy atom. The van der Waals surface area contributed by atoms with Crippen molar-refractivity contribution in [2.45, 2.75) is 32.3 Å². The third-order valence-electron chi connectivity index (χ3n) is 1.47. The van der Waals surface area contributed by atoms with Gasteiger partial charge in [0.25, 0.3) is 0 Å². The van der Waals surface area contributed by atoms with Gasteiger partial charge >= 0.3 is 18.3 Å². The Bertz CT molecular complexity index is 237. The van der Waals surface area contributed by atoms with E-state index in [9.17, 15) is 22.4 Å². The SMILES string of the molecule is C=C(C)C(=O)OC(C)C(F)(F)C(F)F. The lowest BCUT2D eigenvalue weighted by Crippen LogP contribution is -2.41. The van der Waals surface area contributed by atoms with Crippen LogP contribution in [0.4, 0.5) is 17.6 Å². The molecule has 0 rings (SSSR count). The van der Waals surface area contributed by atoms with Crippen LogP contribution >= 0.6 is 0 Å². The van der Waals surface area contributed by atoms with Crippen LogP contribution < -0.4 is 0 Å². The van der Waals surface area contributed by atoms with E-state index < -0.39 is 24.4 Å². The summed E-state index contributed by atoms with van der Waals surface area (Å²) < 4.78 is 52.6. The molecule has 0 aliphatic rings. The van der Waals surface area contributed by atoms with Crippen LogP contribution in [0.3, 0.4) is 0 Å². The summed E-state index contributed by atoms with van der Waals surface area (Å²) in [6, 6.07) is 0. The molecule has 0 amide bonds. The Morgan fingerprint density at radius 2 is 1.86 bits per heavy atom. The smallest absolute Gasteiger partial charge is 0.343 e. The second-order valence-corrected chi connectivity index (χ2v) is 2.80. The summed E-state index contributed by atoms with van der Waals surface area (Å²) in [6.07, 6.45) is -6.04. The Kier molecular flexibility index (Phi) is 4.09. The van der Waals surface area contributed by atoms with Gasteiger partial charge in [-0.3, -0.25) is 0 Å². The fraction of sp³-hybridized carbons (Fsp3) is 0.625. The van der Waals surface area contributed by atoms with E-state index in [1.54, 1.807) is 0 Å². The minimum absolute atomic E-state index is 0.123. The predicted octanol–water partition coefficient (Wildman–Crippen LogP) is 2.39. The van der Waals surface area contributed by atoms with Crippen LogP contribution in [0, 0.1) is 0 Å². The highest BCUT2D eigenvalue weighted by Crippen LogP contribution is 2.28. The molecule has 0 aromatic rings. The van der Waals surface area contributed by atoms with E-state index in [-0.39, 0.29) is 5.57 Å². The lowest BCUT2D eigenvalue weighted by atomic mass is 10.2. The van der Waals surface area contributed by atoms with Crippen LogP contribution in [0.2, 0.25) is 0 Å². The first-order chi connectivity index (χ1) is 6.19. The molecule has 6 heteroatoms. The fourth-order valence-corrected chi connectivity index (χ4v) is 0.517. The van der Waals surface area contributed by atoms with Crippen LogP contribution in [-0.4, -0.2) is 24.4 Å². The molecular formula is C8H10F4O2. The molecule has 0 spiro atoms. The fourth-order valence-electron chi connectivity index (χ4n) is 0.517. The number of alkyl halides is 4. The van der Waals surface area contributed by atoms with Crippen molar-refractivity contribution in [3.63, 3.8) is 0 Å². The van der Waals surface area contributed by atoms with E-state index >= 15 is 0 Å². The molecule has 0 N–H and O–H groups in total. The van der Waals surface area contributed by atoms with Gasteiger partial charge in [-0.2, -0.15) is 8.78 Å². The first-order valence-electron chi connectivity index (χ1n) is 3.72. The van der Waals surface area contributed by atoms with Crippen molar-refractivity contribution in [1.82, 2.24) is 0 Å². The molecule has 82 valence electrons. The normalized spacial score (nSPS) is 13.9. The van der Waals surface area contributed by atoms with Gasteiger partial charge in [-0.05, 0) is 13.8 Å².